The Morgan fingerprint density at radius 3 is 2.65 bits per heavy atom. The Kier molecular flexibility index (Phi) is 5.71. The van der Waals surface area contributed by atoms with Gasteiger partial charge in [0.15, 0.2) is 4.77 Å². The first-order chi connectivity index (χ1) is 10.9. The summed E-state index contributed by atoms with van der Waals surface area (Å²) in [5, 5.41) is 3.49. The Balaban J connectivity index is 2.09. The van der Waals surface area contributed by atoms with Gasteiger partial charge in [-0.05, 0) is 49.7 Å². The van der Waals surface area contributed by atoms with Gasteiger partial charge in [0.25, 0.3) is 11.5 Å². The van der Waals surface area contributed by atoms with Gasteiger partial charge in [0.2, 0.25) is 0 Å². The van der Waals surface area contributed by atoms with E-state index in [2.05, 4.69) is 29.1 Å². The highest BCUT2D eigenvalue weighted by atomic mass is 32.1. The van der Waals surface area contributed by atoms with Crippen LogP contribution in [0.2, 0.25) is 0 Å². The van der Waals surface area contributed by atoms with Crippen LogP contribution in [0.3, 0.4) is 0 Å². The van der Waals surface area contributed by atoms with Crippen molar-refractivity contribution in [1.82, 2.24) is 15.3 Å². The second kappa shape index (κ2) is 7.55. The Morgan fingerprint density at radius 2 is 1.96 bits per heavy atom. The van der Waals surface area contributed by atoms with E-state index in [1.807, 2.05) is 6.92 Å². The van der Waals surface area contributed by atoms with Crippen LogP contribution in [0.5, 0.6) is 0 Å². The molecule has 5 nitrogen and oxygen atoms in total. The van der Waals surface area contributed by atoms with E-state index in [9.17, 15) is 9.59 Å². The first-order valence-electron chi connectivity index (χ1n) is 7.94. The van der Waals surface area contributed by atoms with E-state index < -0.39 is 0 Å². The van der Waals surface area contributed by atoms with Gasteiger partial charge < -0.3 is 10.3 Å². The van der Waals surface area contributed by atoms with Gasteiger partial charge >= 0.3 is 0 Å². The van der Waals surface area contributed by atoms with E-state index in [1.54, 1.807) is 18.2 Å². The molecule has 0 radical (unpaired) electrons. The molecule has 0 bridgehead atoms. The highest BCUT2D eigenvalue weighted by Crippen LogP contribution is 2.12. The molecule has 124 valence electrons. The molecule has 6 heteroatoms. The van der Waals surface area contributed by atoms with Gasteiger partial charge in [-0.25, -0.2) is 0 Å². The van der Waals surface area contributed by atoms with E-state index in [4.69, 9.17) is 12.2 Å². The fourth-order valence-corrected chi connectivity index (χ4v) is 2.73. The molecular weight excluding hydrogens is 310 g/mol. The molecule has 0 fully saturated rings. The summed E-state index contributed by atoms with van der Waals surface area (Å²) in [6.45, 7) is 6.41. The molecule has 0 aliphatic heterocycles. The average Bonchev–Trinajstić information content (AvgIpc) is 2.45. The monoisotopic (exact) mass is 333 g/mol. The average molecular weight is 333 g/mol. The lowest BCUT2D eigenvalue weighted by molar-refractivity contribution is 0.0938. The second-order valence-electron chi connectivity index (χ2n) is 6.37. The maximum absolute atomic E-state index is 12.3. The Morgan fingerprint density at radius 1 is 1.22 bits per heavy atom. The molecule has 1 aromatic carbocycles. The number of benzene rings is 1. The molecule has 0 saturated carbocycles. The van der Waals surface area contributed by atoms with Crippen molar-refractivity contribution in [3.63, 3.8) is 0 Å². The number of hydrogen-bond acceptors (Lipinski definition) is 3. The molecule has 0 aliphatic rings. The minimum atomic E-state index is -0.252. The molecule has 0 spiro atoms. The minimum absolute atomic E-state index is 0.120. The molecule has 1 aromatic heterocycles. The molecule has 1 amide bonds. The zero-order chi connectivity index (χ0) is 17.0. The van der Waals surface area contributed by atoms with Crippen LogP contribution in [0.4, 0.5) is 0 Å². The number of hydrogen-bond donors (Lipinski definition) is 3. The predicted octanol–water partition coefficient (Wildman–Crippen LogP) is 3.53. The van der Waals surface area contributed by atoms with E-state index in [1.165, 1.54) is 0 Å². The number of fused-ring (bicyclic) bond motifs is 1. The van der Waals surface area contributed by atoms with Crippen LogP contribution in [-0.4, -0.2) is 21.9 Å². The van der Waals surface area contributed by atoms with Crippen molar-refractivity contribution < 1.29 is 4.79 Å². The summed E-state index contributed by atoms with van der Waals surface area (Å²) in [6, 6.07) is 5.08. The highest BCUT2D eigenvalue weighted by molar-refractivity contribution is 7.71. The molecule has 1 heterocycles. The number of aromatic nitrogens is 2. The summed E-state index contributed by atoms with van der Waals surface area (Å²) >= 11 is 4.96. The number of carbonyl (C=O) groups is 1. The number of nitrogens with one attached hydrogen (secondary N) is 3. The summed E-state index contributed by atoms with van der Waals surface area (Å²) in [7, 11) is 0. The van der Waals surface area contributed by atoms with E-state index >= 15 is 0 Å². The molecule has 2 rings (SSSR count). The summed E-state index contributed by atoms with van der Waals surface area (Å²) in [4.78, 5) is 29.6. The zero-order valence-electron chi connectivity index (χ0n) is 13.7. The number of amides is 1. The van der Waals surface area contributed by atoms with Gasteiger partial charge in [0.05, 0.1) is 10.9 Å². The standard InChI is InChI=1S/C17H23N3O2S/c1-10(2)5-4-6-11(3)18-15(21)12-7-8-13-14(9-12)19-17(23)20-16(13)22/h7-11H,4-6H2,1-3H3,(H,18,21)(H2,19,20,22,23). The summed E-state index contributed by atoms with van der Waals surface area (Å²) in [5.74, 6) is 0.545. The molecule has 1 atom stereocenters. The topological polar surface area (TPSA) is 77.8 Å². The van der Waals surface area contributed by atoms with Crippen LogP contribution in [0.25, 0.3) is 10.9 Å². The molecule has 1 unspecified atom stereocenters. The number of H-pyrrole nitrogens is 2. The van der Waals surface area contributed by atoms with Crippen molar-refractivity contribution in [2.45, 2.75) is 46.1 Å². The maximum atomic E-state index is 12.3. The second-order valence-corrected chi connectivity index (χ2v) is 6.78. The minimum Gasteiger partial charge on any atom is -0.350 e. The van der Waals surface area contributed by atoms with E-state index in [0.717, 1.165) is 19.3 Å². The van der Waals surface area contributed by atoms with E-state index in [-0.39, 0.29) is 22.3 Å². The quantitative estimate of drug-likeness (QED) is 0.708. The molecule has 3 N–H and O–H groups in total. The van der Waals surface area contributed by atoms with Crippen molar-refractivity contribution in [2.24, 2.45) is 5.92 Å². The highest BCUT2D eigenvalue weighted by Gasteiger charge is 2.11. The third-order valence-corrected chi connectivity index (χ3v) is 4.00. The van der Waals surface area contributed by atoms with Gasteiger partial charge in [-0.3, -0.25) is 14.6 Å². The lowest BCUT2D eigenvalue weighted by atomic mass is 10.0. The van der Waals surface area contributed by atoms with Crippen molar-refractivity contribution in [3.8, 4) is 0 Å². The molecule has 2 aromatic rings. The van der Waals surface area contributed by atoms with Gasteiger partial charge in [0, 0.05) is 11.6 Å². The lowest BCUT2D eigenvalue weighted by Crippen LogP contribution is -2.32. The first kappa shape index (κ1) is 17.4. The van der Waals surface area contributed by atoms with Crippen molar-refractivity contribution in [2.75, 3.05) is 0 Å². The summed E-state index contributed by atoms with van der Waals surface area (Å²) < 4.78 is 0.252. The van der Waals surface area contributed by atoms with Crippen molar-refractivity contribution >= 4 is 29.0 Å². The van der Waals surface area contributed by atoms with Crippen LogP contribution in [-0.2, 0) is 0 Å². The van der Waals surface area contributed by atoms with Gasteiger partial charge in [-0.15, -0.1) is 0 Å². The van der Waals surface area contributed by atoms with Crippen LogP contribution in [0.15, 0.2) is 23.0 Å². The van der Waals surface area contributed by atoms with Crippen LogP contribution < -0.4 is 10.9 Å². The Labute approximate surface area is 140 Å². The summed E-state index contributed by atoms with van der Waals surface area (Å²) in [6.07, 6.45) is 3.22. The van der Waals surface area contributed by atoms with Crippen LogP contribution >= 0.6 is 12.2 Å². The summed E-state index contributed by atoms with van der Waals surface area (Å²) in [5.41, 5.74) is 0.834. The van der Waals surface area contributed by atoms with Crippen molar-refractivity contribution in [1.29, 1.82) is 0 Å². The molecule has 23 heavy (non-hydrogen) atoms. The number of rotatable bonds is 6. The lowest BCUT2D eigenvalue weighted by Gasteiger charge is -2.14. The van der Waals surface area contributed by atoms with Crippen LogP contribution in [0, 0.1) is 10.7 Å². The number of carbonyl (C=O) groups excluding carboxylic acids is 1. The maximum Gasteiger partial charge on any atom is 0.259 e. The van der Waals surface area contributed by atoms with Gasteiger partial charge in [0.1, 0.15) is 0 Å². The fraction of sp³-hybridized carbons (Fsp3) is 0.471. The fourth-order valence-electron chi connectivity index (χ4n) is 2.52. The number of aromatic amines is 2. The molecule has 0 aliphatic carbocycles. The normalized spacial score (nSPS) is 12.5. The largest absolute Gasteiger partial charge is 0.350 e. The van der Waals surface area contributed by atoms with Gasteiger partial charge in [-0.2, -0.15) is 0 Å². The first-order valence-corrected chi connectivity index (χ1v) is 8.35. The third kappa shape index (κ3) is 4.76. The van der Waals surface area contributed by atoms with E-state index in [0.29, 0.717) is 22.4 Å². The SMILES string of the molecule is CC(C)CCCC(C)NC(=O)c1ccc2c(=O)[nH]c(=S)[nH]c2c1. The Hall–Kier alpha value is -1.95. The van der Waals surface area contributed by atoms with Gasteiger partial charge in [-0.1, -0.05) is 26.7 Å². The van der Waals surface area contributed by atoms with Crippen molar-refractivity contribution in [3.05, 3.63) is 38.9 Å². The van der Waals surface area contributed by atoms with Crippen LogP contribution in [0.1, 0.15) is 50.4 Å². The molecular formula is C17H23N3O2S. The third-order valence-electron chi connectivity index (χ3n) is 3.80. The predicted molar refractivity (Wildman–Crippen MR) is 95.4 cm³/mol. The Bertz CT molecular complexity index is 807. The smallest absolute Gasteiger partial charge is 0.259 e. The zero-order valence-corrected chi connectivity index (χ0v) is 14.5. The molecule has 0 saturated heterocycles.